The van der Waals surface area contributed by atoms with E-state index in [0.717, 1.165) is 12.8 Å². The SMILES string of the molecule is O=C(O[C@H]1C[C@H]2CC[C@H](N2)[C@@H]1C(=O)O)c1ccccc1. The number of nitrogens with one attached hydrogen (secondary N) is 1. The summed E-state index contributed by atoms with van der Waals surface area (Å²) in [5.74, 6) is -1.99. The number of hydrogen-bond acceptors (Lipinski definition) is 4. The molecule has 3 rings (SSSR count). The molecule has 0 aliphatic carbocycles. The lowest BCUT2D eigenvalue weighted by atomic mass is 9.89. The van der Waals surface area contributed by atoms with Crippen molar-refractivity contribution in [2.24, 2.45) is 5.92 Å². The van der Waals surface area contributed by atoms with Crippen molar-refractivity contribution in [2.75, 3.05) is 0 Å². The van der Waals surface area contributed by atoms with Gasteiger partial charge in [0.05, 0.1) is 5.56 Å². The maximum absolute atomic E-state index is 12.1. The molecule has 20 heavy (non-hydrogen) atoms. The van der Waals surface area contributed by atoms with Gasteiger partial charge in [-0.1, -0.05) is 18.2 Å². The second-order valence-electron chi connectivity index (χ2n) is 5.46. The van der Waals surface area contributed by atoms with Crippen LogP contribution in [0.15, 0.2) is 30.3 Å². The van der Waals surface area contributed by atoms with E-state index in [1.54, 1.807) is 24.3 Å². The number of carboxylic acid groups (broad SMARTS) is 1. The van der Waals surface area contributed by atoms with Crippen LogP contribution in [-0.2, 0) is 9.53 Å². The molecule has 2 N–H and O–H groups in total. The summed E-state index contributed by atoms with van der Waals surface area (Å²) < 4.78 is 5.47. The molecule has 106 valence electrons. The van der Waals surface area contributed by atoms with Crippen molar-refractivity contribution in [1.82, 2.24) is 5.32 Å². The fourth-order valence-electron chi connectivity index (χ4n) is 3.24. The van der Waals surface area contributed by atoms with Crippen molar-refractivity contribution in [1.29, 1.82) is 0 Å². The molecule has 5 heteroatoms. The third kappa shape index (κ3) is 2.41. The molecule has 2 aliphatic rings. The molecule has 1 aromatic rings. The molecule has 2 fully saturated rings. The molecule has 0 amide bonds. The summed E-state index contributed by atoms with van der Waals surface area (Å²) in [5, 5.41) is 12.7. The molecule has 0 spiro atoms. The molecule has 4 atom stereocenters. The second-order valence-corrected chi connectivity index (χ2v) is 5.46. The van der Waals surface area contributed by atoms with E-state index in [0.29, 0.717) is 12.0 Å². The van der Waals surface area contributed by atoms with Crippen LogP contribution in [0.25, 0.3) is 0 Å². The lowest BCUT2D eigenvalue weighted by Crippen LogP contribution is -2.52. The predicted molar refractivity (Wildman–Crippen MR) is 71.3 cm³/mol. The molecule has 5 nitrogen and oxygen atoms in total. The summed E-state index contributed by atoms with van der Waals surface area (Å²) >= 11 is 0. The van der Waals surface area contributed by atoms with Gasteiger partial charge in [0.1, 0.15) is 12.0 Å². The molecule has 0 aromatic heterocycles. The first-order valence-corrected chi connectivity index (χ1v) is 6.90. The lowest BCUT2D eigenvalue weighted by molar-refractivity contribution is -0.148. The number of esters is 1. The Morgan fingerprint density at radius 2 is 1.95 bits per heavy atom. The Hall–Kier alpha value is -1.88. The molecule has 0 saturated carbocycles. The number of ether oxygens (including phenoxy) is 1. The highest BCUT2D eigenvalue weighted by molar-refractivity contribution is 5.89. The summed E-state index contributed by atoms with van der Waals surface area (Å²) in [6, 6.07) is 8.88. The molecule has 2 bridgehead atoms. The number of carbonyl (C=O) groups excluding carboxylic acids is 1. The first-order valence-electron chi connectivity index (χ1n) is 6.90. The number of rotatable bonds is 3. The molecular weight excluding hydrogens is 258 g/mol. The van der Waals surface area contributed by atoms with Gasteiger partial charge in [0.15, 0.2) is 0 Å². The van der Waals surface area contributed by atoms with Crippen LogP contribution in [0.4, 0.5) is 0 Å². The minimum absolute atomic E-state index is 0.0835. The highest BCUT2D eigenvalue weighted by Crippen LogP contribution is 2.34. The van der Waals surface area contributed by atoms with E-state index in [9.17, 15) is 14.7 Å². The van der Waals surface area contributed by atoms with Gasteiger partial charge in [-0.05, 0) is 25.0 Å². The van der Waals surface area contributed by atoms with Crippen molar-refractivity contribution in [3.8, 4) is 0 Å². The number of piperidine rings is 1. The van der Waals surface area contributed by atoms with Gasteiger partial charge >= 0.3 is 11.9 Å². The zero-order chi connectivity index (χ0) is 14.1. The minimum Gasteiger partial charge on any atom is -0.481 e. The maximum atomic E-state index is 12.1. The zero-order valence-electron chi connectivity index (χ0n) is 11.0. The standard InChI is InChI=1S/C15H17NO4/c17-14(18)13-11-7-6-10(16-11)8-12(13)20-15(19)9-4-2-1-3-5-9/h1-5,10-13,16H,6-8H2,(H,17,18)/t10-,11+,12+,13+/m1/s1. The molecule has 1 aromatic carbocycles. The van der Waals surface area contributed by atoms with Gasteiger partial charge in [-0.2, -0.15) is 0 Å². The van der Waals surface area contributed by atoms with Crippen molar-refractivity contribution < 1.29 is 19.4 Å². The second kappa shape index (κ2) is 5.25. The number of fused-ring (bicyclic) bond motifs is 2. The van der Waals surface area contributed by atoms with Crippen molar-refractivity contribution in [2.45, 2.75) is 37.5 Å². The van der Waals surface area contributed by atoms with Crippen LogP contribution in [0.2, 0.25) is 0 Å². The zero-order valence-corrected chi connectivity index (χ0v) is 11.0. The fraction of sp³-hybridized carbons (Fsp3) is 0.467. The van der Waals surface area contributed by atoms with Crippen molar-refractivity contribution in [3.63, 3.8) is 0 Å². The van der Waals surface area contributed by atoms with Gasteiger partial charge in [-0.15, -0.1) is 0 Å². The van der Waals surface area contributed by atoms with Gasteiger partial charge in [0.25, 0.3) is 0 Å². The van der Waals surface area contributed by atoms with Crippen molar-refractivity contribution in [3.05, 3.63) is 35.9 Å². The number of benzene rings is 1. The molecule has 0 unspecified atom stereocenters. The normalized spacial score (nSPS) is 31.8. The maximum Gasteiger partial charge on any atom is 0.338 e. The van der Waals surface area contributed by atoms with Crippen LogP contribution >= 0.6 is 0 Å². The van der Waals surface area contributed by atoms with Crippen LogP contribution in [-0.4, -0.2) is 35.2 Å². The summed E-state index contributed by atoms with van der Waals surface area (Å²) in [6.45, 7) is 0. The van der Waals surface area contributed by atoms with Gasteiger partial charge in [0.2, 0.25) is 0 Å². The Labute approximate surface area is 116 Å². The Balaban J connectivity index is 1.75. The summed E-state index contributed by atoms with van der Waals surface area (Å²) in [4.78, 5) is 23.5. The van der Waals surface area contributed by atoms with Crippen LogP contribution in [0, 0.1) is 5.92 Å². The molecule has 2 heterocycles. The highest BCUT2D eigenvalue weighted by atomic mass is 16.5. The largest absolute Gasteiger partial charge is 0.481 e. The number of carboxylic acids is 1. The van der Waals surface area contributed by atoms with E-state index in [-0.39, 0.29) is 12.1 Å². The summed E-state index contributed by atoms with van der Waals surface area (Å²) in [6.07, 6.45) is 1.82. The van der Waals surface area contributed by atoms with Gasteiger partial charge in [0, 0.05) is 18.5 Å². The predicted octanol–water partition coefficient (Wildman–Crippen LogP) is 1.44. The number of aliphatic carboxylic acids is 1. The van der Waals surface area contributed by atoms with E-state index in [4.69, 9.17) is 4.74 Å². The van der Waals surface area contributed by atoms with Crippen LogP contribution < -0.4 is 5.32 Å². The Kier molecular flexibility index (Phi) is 3.44. The van der Waals surface area contributed by atoms with E-state index in [1.807, 2.05) is 6.07 Å². The molecule has 0 radical (unpaired) electrons. The van der Waals surface area contributed by atoms with Gasteiger partial charge < -0.3 is 15.2 Å². The lowest BCUT2D eigenvalue weighted by Gasteiger charge is -2.34. The van der Waals surface area contributed by atoms with E-state index < -0.39 is 24.0 Å². The number of carbonyl (C=O) groups is 2. The third-order valence-corrected chi connectivity index (χ3v) is 4.18. The highest BCUT2D eigenvalue weighted by Gasteiger charge is 2.47. The summed E-state index contributed by atoms with van der Waals surface area (Å²) in [5.41, 5.74) is 0.461. The van der Waals surface area contributed by atoms with E-state index in [2.05, 4.69) is 5.32 Å². The Bertz CT molecular complexity index is 516. The van der Waals surface area contributed by atoms with Gasteiger partial charge in [-0.3, -0.25) is 4.79 Å². The molecule has 2 saturated heterocycles. The minimum atomic E-state index is -0.895. The summed E-state index contributed by atoms with van der Waals surface area (Å²) in [7, 11) is 0. The molecule has 2 aliphatic heterocycles. The molecular formula is C15H17NO4. The van der Waals surface area contributed by atoms with Crippen molar-refractivity contribution >= 4 is 11.9 Å². The number of hydrogen-bond donors (Lipinski definition) is 2. The average Bonchev–Trinajstić information content (AvgIpc) is 2.81. The smallest absolute Gasteiger partial charge is 0.338 e. The third-order valence-electron chi connectivity index (χ3n) is 4.18. The van der Waals surface area contributed by atoms with Crippen LogP contribution in [0.3, 0.4) is 0 Å². The monoisotopic (exact) mass is 275 g/mol. The quantitative estimate of drug-likeness (QED) is 0.816. The fourth-order valence-corrected chi connectivity index (χ4v) is 3.24. The Morgan fingerprint density at radius 3 is 2.65 bits per heavy atom. The van der Waals surface area contributed by atoms with E-state index >= 15 is 0 Å². The van der Waals surface area contributed by atoms with Crippen LogP contribution in [0.5, 0.6) is 0 Å². The topological polar surface area (TPSA) is 75.6 Å². The van der Waals surface area contributed by atoms with E-state index in [1.165, 1.54) is 0 Å². The average molecular weight is 275 g/mol. The van der Waals surface area contributed by atoms with Crippen LogP contribution in [0.1, 0.15) is 29.6 Å². The Morgan fingerprint density at radius 1 is 1.20 bits per heavy atom. The van der Waals surface area contributed by atoms with Gasteiger partial charge in [-0.25, -0.2) is 4.79 Å². The first-order chi connectivity index (χ1) is 9.65. The first kappa shape index (κ1) is 13.1.